The minimum Gasteiger partial charge on any atom is -0.383 e. The molecule has 0 fully saturated rings. The van der Waals surface area contributed by atoms with E-state index in [-0.39, 0.29) is 0 Å². The summed E-state index contributed by atoms with van der Waals surface area (Å²) in [5, 5.41) is 12.2. The molecule has 0 radical (unpaired) electrons. The molecular formula is C15H17N5. The maximum atomic E-state index is 8.89. The monoisotopic (exact) mass is 267 g/mol. The van der Waals surface area contributed by atoms with Crippen LogP contribution in [0.4, 0.5) is 11.6 Å². The zero-order chi connectivity index (χ0) is 14.4. The number of hydrogen-bond acceptors (Lipinski definition) is 5. The molecule has 5 nitrogen and oxygen atoms in total. The number of nitrogens with one attached hydrogen (secondary N) is 1. The molecule has 0 atom stereocenters. The molecule has 0 saturated carbocycles. The van der Waals surface area contributed by atoms with E-state index in [1.807, 2.05) is 18.2 Å². The van der Waals surface area contributed by atoms with Crippen molar-refractivity contribution < 1.29 is 0 Å². The summed E-state index contributed by atoms with van der Waals surface area (Å²) in [5.74, 6) is 1.29. The Morgan fingerprint density at radius 1 is 1.35 bits per heavy atom. The van der Waals surface area contributed by atoms with Gasteiger partial charge in [0.2, 0.25) is 0 Å². The van der Waals surface area contributed by atoms with E-state index in [4.69, 9.17) is 11.0 Å². The fourth-order valence-corrected chi connectivity index (χ4v) is 2.01. The third kappa shape index (κ3) is 3.23. The molecule has 0 aliphatic rings. The van der Waals surface area contributed by atoms with Crippen molar-refractivity contribution in [1.29, 1.82) is 5.26 Å². The van der Waals surface area contributed by atoms with Crippen LogP contribution in [0.25, 0.3) is 0 Å². The summed E-state index contributed by atoms with van der Waals surface area (Å²) >= 11 is 0. The molecule has 20 heavy (non-hydrogen) atoms. The van der Waals surface area contributed by atoms with Crippen molar-refractivity contribution in [2.45, 2.75) is 26.3 Å². The molecular weight excluding hydrogens is 250 g/mol. The Balaban J connectivity index is 2.14. The van der Waals surface area contributed by atoms with Crippen molar-refractivity contribution in [2.24, 2.45) is 0 Å². The lowest BCUT2D eigenvalue weighted by Gasteiger charge is -2.12. The van der Waals surface area contributed by atoms with E-state index < -0.39 is 0 Å². The van der Waals surface area contributed by atoms with E-state index in [1.165, 1.54) is 6.33 Å². The van der Waals surface area contributed by atoms with E-state index in [0.717, 1.165) is 29.8 Å². The standard InChI is InChI=1S/C15H17N5/c1-2-4-13-14(17)19-10-20-15(13)18-9-12-6-3-5-11(7-12)8-16/h3,5-7,10H,2,4,9H2,1H3,(H3,17,18,19,20). The molecule has 0 amide bonds. The molecule has 0 aliphatic carbocycles. The van der Waals surface area contributed by atoms with Crippen LogP contribution in [0.2, 0.25) is 0 Å². The Hall–Kier alpha value is -2.61. The normalized spacial score (nSPS) is 10.0. The van der Waals surface area contributed by atoms with Gasteiger partial charge < -0.3 is 11.1 Å². The van der Waals surface area contributed by atoms with Crippen molar-refractivity contribution in [1.82, 2.24) is 9.97 Å². The van der Waals surface area contributed by atoms with Crippen molar-refractivity contribution in [3.8, 4) is 6.07 Å². The average molecular weight is 267 g/mol. The zero-order valence-electron chi connectivity index (χ0n) is 11.4. The Kier molecular flexibility index (Phi) is 4.51. The maximum Gasteiger partial charge on any atom is 0.134 e. The van der Waals surface area contributed by atoms with Gasteiger partial charge >= 0.3 is 0 Å². The number of hydrogen-bond donors (Lipinski definition) is 2. The Labute approximate surface area is 118 Å². The van der Waals surface area contributed by atoms with Gasteiger partial charge in [-0.05, 0) is 24.1 Å². The molecule has 5 heteroatoms. The molecule has 3 N–H and O–H groups in total. The number of nitriles is 1. The lowest BCUT2D eigenvalue weighted by atomic mass is 10.1. The van der Waals surface area contributed by atoms with Gasteiger partial charge in [-0.2, -0.15) is 5.26 Å². The van der Waals surface area contributed by atoms with E-state index >= 15 is 0 Å². The third-order valence-corrected chi connectivity index (χ3v) is 2.99. The predicted molar refractivity (Wildman–Crippen MR) is 78.9 cm³/mol. The minimum atomic E-state index is 0.523. The topological polar surface area (TPSA) is 87.6 Å². The van der Waals surface area contributed by atoms with Crippen LogP contribution in [0, 0.1) is 11.3 Å². The molecule has 0 aliphatic heterocycles. The van der Waals surface area contributed by atoms with E-state index in [1.54, 1.807) is 6.07 Å². The molecule has 0 spiro atoms. The van der Waals surface area contributed by atoms with Gasteiger partial charge in [0.1, 0.15) is 18.0 Å². The molecule has 0 saturated heterocycles. The third-order valence-electron chi connectivity index (χ3n) is 2.99. The first kappa shape index (κ1) is 13.8. The summed E-state index contributed by atoms with van der Waals surface area (Å²) < 4.78 is 0. The first-order chi connectivity index (χ1) is 9.74. The van der Waals surface area contributed by atoms with Crippen molar-refractivity contribution in [2.75, 3.05) is 11.1 Å². The number of nitrogen functional groups attached to an aromatic ring is 1. The summed E-state index contributed by atoms with van der Waals surface area (Å²) in [6, 6.07) is 9.62. The number of nitrogens with zero attached hydrogens (tertiary/aromatic N) is 3. The second kappa shape index (κ2) is 6.53. The summed E-state index contributed by atoms with van der Waals surface area (Å²) in [6.07, 6.45) is 3.28. The van der Waals surface area contributed by atoms with Crippen LogP contribution in [0.3, 0.4) is 0 Å². The first-order valence-corrected chi connectivity index (χ1v) is 6.57. The van der Waals surface area contributed by atoms with Gasteiger partial charge in [0, 0.05) is 12.1 Å². The van der Waals surface area contributed by atoms with Crippen LogP contribution in [-0.4, -0.2) is 9.97 Å². The lowest BCUT2D eigenvalue weighted by molar-refractivity contribution is 0.901. The second-order valence-corrected chi connectivity index (χ2v) is 4.50. The first-order valence-electron chi connectivity index (χ1n) is 6.57. The van der Waals surface area contributed by atoms with Gasteiger partial charge in [0.05, 0.1) is 11.6 Å². The average Bonchev–Trinajstić information content (AvgIpc) is 2.48. The lowest BCUT2D eigenvalue weighted by Crippen LogP contribution is -2.08. The number of rotatable bonds is 5. The van der Waals surface area contributed by atoms with Crippen LogP contribution in [0.15, 0.2) is 30.6 Å². The highest BCUT2D eigenvalue weighted by Crippen LogP contribution is 2.19. The van der Waals surface area contributed by atoms with Gasteiger partial charge in [-0.1, -0.05) is 25.5 Å². The number of nitrogens with two attached hydrogens (primary N) is 1. The number of benzene rings is 1. The minimum absolute atomic E-state index is 0.523. The van der Waals surface area contributed by atoms with Crippen LogP contribution in [0.1, 0.15) is 30.0 Å². The fourth-order valence-electron chi connectivity index (χ4n) is 2.01. The Bertz CT molecular complexity index is 630. The highest BCUT2D eigenvalue weighted by atomic mass is 15.0. The van der Waals surface area contributed by atoms with E-state index in [9.17, 15) is 0 Å². The van der Waals surface area contributed by atoms with Gasteiger partial charge in [-0.3, -0.25) is 0 Å². The van der Waals surface area contributed by atoms with Gasteiger partial charge in [-0.25, -0.2) is 9.97 Å². The maximum absolute atomic E-state index is 8.89. The molecule has 102 valence electrons. The summed E-state index contributed by atoms with van der Waals surface area (Å²) in [5.41, 5.74) is 8.52. The largest absolute Gasteiger partial charge is 0.383 e. The van der Waals surface area contributed by atoms with Crippen molar-refractivity contribution in [3.63, 3.8) is 0 Å². The molecule has 1 aromatic heterocycles. The van der Waals surface area contributed by atoms with Crippen LogP contribution >= 0.6 is 0 Å². The molecule has 1 heterocycles. The molecule has 2 rings (SSSR count). The highest BCUT2D eigenvalue weighted by Gasteiger charge is 2.08. The Morgan fingerprint density at radius 2 is 2.20 bits per heavy atom. The van der Waals surface area contributed by atoms with Crippen molar-refractivity contribution in [3.05, 3.63) is 47.3 Å². The summed E-state index contributed by atoms with van der Waals surface area (Å²) in [4.78, 5) is 8.27. The number of aromatic nitrogens is 2. The molecule has 2 aromatic rings. The number of anilines is 2. The van der Waals surface area contributed by atoms with E-state index in [2.05, 4.69) is 28.3 Å². The highest BCUT2D eigenvalue weighted by molar-refractivity contribution is 5.55. The Morgan fingerprint density at radius 3 is 2.95 bits per heavy atom. The predicted octanol–water partition coefficient (Wildman–Crippen LogP) is 2.50. The molecule has 0 bridgehead atoms. The van der Waals surface area contributed by atoms with Gasteiger partial charge in [0.15, 0.2) is 0 Å². The fraction of sp³-hybridized carbons (Fsp3) is 0.267. The SMILES string of the molecule is CCCc1c(N)ncnc1NCc1cccc(C#N)c1. The van der Waals surface area contributed by atoms with Gasteiger partial charge in [-0.15, -0.1) is 0 Å². The summed E-state index contributed by atoms with van der Waals surface area (Å²) in [6.45, 7) is 2.69. The second-order valence-electron chi connectivity index (χ2n) is 4.50. The molecule has 0 unspecified atom stereocenters. The summed E-state index contributed by atoms with van der Waals surface area (Å²) in [7, 11) is 0. The van der Waals surface area contributed by atoms with Gasteiger partial charge in [0.25, 0.3) is 0 Å². The van der Waals surface area contributed by atoms with E-state index in [0.29, 0.717) is 17.9 Å². The van der Waals surface area contributed by atoms with Crippen LogP contribution in [0.5, 0.6) is 0 Å². The molecule has 1 aromatic carbocycles. The smallest absolute Gasteiger partial charge is 0.134 e. The quantitative estimate of drug-likeness (QED) is 0.869. The van der Waals surface area contributed by atoms with Crippen LogP contribution < -0.4 is 11.1 Å². The zero-order valence-corrected chi connectivity index (χ0v) is 11.4. The van der Waals surface area contributed by atoms with Crippen LogP contribution in [-0.2, 0) is 13.0 Å². The van der Waals surface area contributed by atoms with Crippen molar-refractivity contribution >= 4 is 11.6 Å².